The summed E-state index contributed by atoms with van der Waals surface area (Å²) < 4.78 is 19.1. The van der Waals surface area contributed by atoms with Crippen molar-refractivity contribution in [3.05, 3.63) is 46.9 Å². The SMILES string of the molecule is COc1ccc(Nc2cncc(Br)c2)cc1F. The van der Waals surface area contributed by atoms with Gasteiger partial charge in [0.2, 0.25) is 0 Å². The van der Waals surface area contributed by atoms with Gasteiger partial charge in [-0.15, -0.1) is 0 Å². The number of nitrogens with one attached hydrogen (secondary N) is 1. The summed E-state index contributed by atoms with van der Waals surface area (Å²) in [6.07, 6.45) is 3.34. The van der Waals surface area contributed by atoms with Crippen LogP contribution in [0.25, 0.3) is 0 Å². The highest BCUT2D eigenvalue weighted by Gasteiger charge is 2.03. The van der Waals surface area contributed by atoms with Crippen molar-refractivity contribution in [2.45, 2.75) is 0 Å². The average Bonchev–Trinajstić information content (AvgIpc) is 2.29. The number of halogens is 2. The van der Waals surface area contributed by atoms with Gasteiger partial charge >= 0.3 is 0 Å². The number of anilines is 2. The van der Waals surface area contributed by atoms with E-state index >= 15 is 0 Å². The van der Waals surface area contributed by atoms with Crippen LogP contribution in [0.1, 0.15) is 0 Å². The van der Waals surface area contributed by atoms with Crippen molar-refractivity contribution >= 4 is 27.3 Å². The fourth-order valence-corrected chi connectivity index (χ4v) is 1.76. The molecule has 1 N–H and O–H groups in total. The van der Waals surface area contributed by atoms with Crippen molar-refractivity contribution in [3.8, 4) is 5.75 Å². The van der Waals surface area contributed by atoms with Crippen LogP contribution < -0.4 is 10.1 Å². The number of ether oxygens (including phenoxy) is 1. The minimum absolute atomic E-state index is 0.225. The lowest BCUT2D eigenvalue weighted by Crippen LogP contribution is -1.93. The van der Waals surface area contributed by atoms with E-state index in [2.05, 4.69) is 26.2 Å². The number of benzene rings is 1. The summed E-state index contributed by atoms with van der Waals surface area (Å²) >= 11 is 3.32. The van der Waals surface area contributed by atoms with Gasteiger partial charge < -0.3 is 10.1 Å². The van der Waals surface area contributed by atoms with Crippen LogP contribution in [0.15, 0.2) is 41.1 Å². The summed E-state index contributed by atoms with van der Waals surface area (Å²) in [5.74, 6) is -0.177. The largest absolute Gasteiger partial charge is 0.494 e. The lowest BCUT2D eigenvalue weighted by atomic mass is 10.2. The summed E-state index contributed by atoms with van der Waals surface area (Å²) in [5, 5.41) is 3.05. The molecule has 1 aromatic heterocycles. The monoisotopic (exact) mass is 296 g/mol. The van der Waals surface area contributed by atoms with E-state index in [0.717, 1.165) is 10.2 Å². The third-order valence-electron chi connectivity index (χ3n) is 2.15. The molecule has 2 aromatic rings. The highest BCUT2D eigenvalue weighted by Crippen LogP contribution is 2.24. The maximum absolute atomic E-state index is 13.4. The predicted molar refractivity (Wildman–Crippen MR) is 68.2 cm³/mol. The summed E-state index contributed by atoms with van der Waals surface area (Å²) in [6, 6.07) is 6.54. The standard InChI is InChI=1S/C12H10BrFN2O/c1-17-12-3-2-9(5-11(12)14)16-10-4-8(13)6-15-7-10/h2-7,16H,1H3. The Bertz CT molecular complexity index is 534. The molecule has 5 heteroatoms. The van der Waals surface area contributed by atoms with Gasteiger partial charge in [-0.2, -0.15) is 0 Å². The Hall–Kier alpha value is -1.62. The molecule has 0 radical (unpaired) electrons. The molecule has 0 atom stereocenters. The second-order valence-electron chi connectivity index (χ2n) is 3.37. The zero-order valence-corrected chi connectivity index (χ0v) is 10.7. The summed E-state index contributed by atoms with van der Waals surface area (Å²) in [4.78, 5) is 4.01. The van der Waals surface area contributed by atoms with Crippen molar-refractivity contribution in [2.24, 2.45) is 0 Å². The Labute approximate surface area is 107 Å². The molecule has 0 fully saturated rings. The van der Waals surface area contributed by atoms with Crippen molar-refractivity contribution in [2.75, 3.05) is 12.4 Å². The molecule has 0 saturated heterocycles. The van der Waals surface area contributed by atoms with Crippen LogP contribution in [0, 0.1) is 5.82 Å². The molecule has 0 spiro atoms. The molecule has 0 aliphatic carbocycles. The number of nitrogens with zero attached hydrogens (tertiary/aromatic N) is 1. The van der Waals surface area contributed by atoms with E-state index in [0.29, 0.717) is 5.69 Å². The van der Waals surface area contributed by atoms with Gasteiger partial charge in [-0.3, -0.25) is 4.98 Å². The van der Waals surface area contributed by atoms with Crippen LogP contribution in [0.2, 0.25) is 0 Å². The van der Waals surface area contributed by atoms with Gasteiger partial charge in [-0.1, -0.05) is 0 Å². The van der Waals surface area contributed by atoms with Gasteiger partial charge in [-0.05, 0) is 34.1 Å². The highest BCUT2D eigenvalue weighted by atomic mass is 79.9. The van der Waals surface area contributed by atoms with Crippen molar-refractivity contribution < 1.29 is 9.13 Å². The Morgan fingerprint density at radius 3 is 2.71 bits per heavy atom. The van der Waals surface area contributed by atoms with Crippen LogP contribution in [-0.2, 0) is 0 Å². The Morgan fingerprint density at radius 1 is 1.24 bits per heavy atom. The molecule has 88 valence electrons. The predicted octanol–water partition coefficient (Wildman–Crippen LogP) is 3.74. The van der Waals surface area contributed by atoms with E-state index in [1.54, 1.807) is 24.5 Å². The first kappa shape index (κ1) is 11.9. The van der Waals surface area contributed by atoms with Gasteiger partial charge in [0, 0.05) is 22.4 Å². The van der Waals surface area contributed by atoms with Crippen LogP contribution in [0.3, 0.4) is 0 Å². The number of methoxy groups -OCH3 is 1. The molecule has 1 heterocycles. The molecule has 0 aliphatic rings. The average molecular weight is 297 g/mol. The first-order valence-electron chi connectivity index (χ1n) is 4.90. The van der Waals surface area contributed by atoms with Crippen LogP contribution in [-0.4, -0.2) is 12.1 Å². The van der Waals surface area contributed by atoms with E-state index in [4.69, 9.17) is 4.74 Å². The molecule has 0 aliphatic heterocycles. The normalized spacial score (nSPS) is 10.1. The molecule has 0 bridgehead atoms. The van der Waals surface area contributed by atoms with Crippen molar-refractivity contribution in [3.63, 3.8) is 0 Å². The number of aromatic nitrogens is 1. The van der Waals surface area contributed by atoms with Crippen molar-refractivity contribution in [1.29, 1.82) is 0 Å². The second-order valence-corrected chi connectivity index (χ2v) is 4.28. The molecule has 17 heavy (non-hydrogen) atoms. The van der Waals surface area contributed by atoms with Gasteiger partial charge in [-0.25, -0.2) is 4.39 Å². The van der Waals surface area contributed by atoms with E-state index in [1.165, 1.54) is 13.2 Å². The molecular formula is C12H10BrFN2O. The number of rotatable bonds is 3. The smallest absolute Gasteiger partial charge is 0.167 e. The minimum Gasteiger partial charge on any atom is -0.494 e. The van der Waals surface area contributed by atoms with Gasteiger partial charge in [0.15, 0.2) is 11.6 Å². The first-order chi connectivity index (χ1) is 8.19. The molecule has 3 nitrogen and oxygen atoms in total. The van der Waals surface area contributed by atoms with Crippen LogP contribution in [0.4, 0.5) is 15.8 Å². The van der Waals surface area contributed by atoms with E-state index in [9.17, 15) is 4.39 Å². The number of hydrogen-bond acceptors (Lipinski definition) is 3. The van der Waals surface area contributed by atoms with E-state index in [-0.39, 0.29) is 5.75 Å². The zero-order valence-electron chi connectivity index (χ0n) is 9.08. The van der Waals surface area contributed by atoms with Gasteiger partial charge in [0.05, 0.1) is 19.0 Å². The maximum Gasteiger partial charge on any atom is 0.167 e. The third-order valence-corrected chi connectivity index (χ3v) is 2.58. The quantitative estimate of drug-likeness (QED) is 0.937. The molecule has 2 rings (SSSR count). The number of pyridine rings is 1. The fourth-order valence-electron chi connectivity index (χ4n) is 1.39. The van der Waals surface area contributed by atoms with Crippen molar-refractivity contribution in [1.82, 2.24) is 4.98 Å². The molecule has 0 unspecified atom stereocenters. The number of hydrogen-bond donors (Lipinski definition) is 1. The zero-order chi connectivity index (χ0) is 12.3. The second kappa shape index (κ2) is 5.14. The molecule has 0 saturated carbocycles. The Kier molecular flexibility index (Phi) is 3.58. The van der Waals surface area contributed by atoms with Gasteiger partial charge in [0.1, 0.15) is 0 Å². The summed E-state index contributed by atoms with van der Waals surface area (Å²) in [6.45, 7) is 0. The van der Waals surface area contributed by atoms with Gasteiger partial charge in [0.25, 0.3) is 0 Å². The fraction of sp³-hybridized carbons (Fsp3) is 0.0833. The minimum atomic E-state index is -0.402. The Balaban J connectivity index is 2.22. The molecule has 1 aromatic carbocycles. The summed E-state index contributed by atoms with van der Waals surface area (Å²) in [5.41, 5.74) is 1.42. The first-order valence-corrected chi connectivity index (χ1v) is 5.69. The van der Waals surface area contributed by atoms with Crippen LogP contribution in [0.5, 0.6) is 5.75 Å². The van der Waals surface area contributed by atoms with Crippen LogP contribution >= 0.6 is 15.9 Å². The third kappa shape index (κ3) is 2.94. The maximum atomic E-state index is 13.4. The highest BCUT2D eigenvalue weighted by molar-refractivity contribution is 9.10. The topological polar surface area (TPSA) is 34.1 Å². The lowest BCUT2D eigenvalue weighted by molar-refractivity contribution is 0.386. The van der Waals surface area contributed by atoms with E-state index < -0.39 is 5.82 Å². The summed E-state index contributed by atoms with van der Waals surface area (Å²) in [7, 11) is 1.43. The lowest BCUT2D eigenvalue weighted by Gasteiger charge is -2.08. The Morgan fingerprint density at radius 2 is 2.06 bits per heavy atom. The molecular weight excluding hydrogens is 287 g/mol. The van der Waals surface area contributed by atoms with E-state index in [1.807, 2.05) is 6.07 Å². The molecule has 0 amide bonds.